The molecular formula is C18H17N3O2S. The van der Waals surface area contributed by atoms with Gasteiger partial charge in [-0.05, 0) is 29.8 Å². The highest BCUT2D eigenvalue weighted by Gasteiger charge is 2.37. The van der Waals surface area contributed by atoms with Crippen molar-refractivity contribution >= 4 is 10.0 Å². The molecule has 1 atom stereocenters. The minimum absolute atomic E-state index is 0.228. The van der Waals surface area contributed by atoms with Gasteiger partial charge < -0.3 is 4.57 Å². The van der Waals surface area contributed by atoms with E-state index in [2.05, 4.69) is 9.55 Å². The normalized spacial score (nSPS) is 18.2. The predicted octanol–water partition coefficient (Wildman–Crippen LogP) is 2.68. The zero-order valence-electron chi connectivity index (χ0n) is 13.0. The lowest BCUT2D eigenvalue weighted by atomic mass is 10.0. The van der Waals surface area contributed by atoms with E-state index in [1.807, 2.05) is 48.7 Å². The first-order chi connectivity index (χ1) is 11.7. The smallest absolute Gasteiger partial charge is 0.245 e. The molecule has 0 bridgehead atoms. The van der Waals surface area contributed by atoms with Gasteiger partial charge in [-0.15, -0.1) is 0 Å². The fourth-order valence-corrected chi connectivity index (χ4v) is 4.77. The van der Waals surface area contributed by atoms with E-state index in [0.717, 1.165) is 11.3 Å². The van der Waals surface area contributed by atoms with Crippen LogP contribution in [0.2, 0.25) is 0 Å². The number of fused-ring (bicyclic) bond motifs is 1. The third-order valence-corrected chi connectivity index (χ3v) is 6.20. The molecule has 0 spiro atoms. The van der Waals surface area contributed by atoms with Crippen molar-refractivity contribution in [3.63, 3.8) is 0 Å². The standard InChI is InChI=1S/C18H17N3O2S/c22-24(23,16-8-4-10-19-14-16)21-13-12-20-11-5-9-17(20)18(21)15-6-2-1-3-7-15/h1-11,14,18H,12-13H2. The molecule has 1 aromatic carbocycles. The van der Waals surface area contributed by atoms with Gasteiger partial charge in [-0.1, -0.05) is 30.3 Å². The number of hydrogen-bond donors (Lipinski definition) is 0. The van der Waals surface area contributed by atoms with Gasteiger partial charge in [0.2, 0.25) is 10.0 Å². The second-order valence-electron chi connectivity index (χ2n) is 5.74. The number of benzene rings is 1. The second-order valence-corrected chi connectivity index (χ2v) is 7.63. The van der Waals surface area contributed by atoms with Crippen molar-refractivity contribution in [2.45, 2.75) is 17.5 Å². The molecule has 0 radical (unpaired) electrons. The van der Waals surface area contributed by atoms with Crippen molar-refractivity contribution in [3.8, 4) is 0 Å². The van der Waals surface area contributed by atoms with Gasteiger partial charge in [0.25, 0.3) is 0 Å². The predicted molar refractivity (Wildman–Crippen MR) is 90.8 cm³/mol. The maximum Gasteiger partial charge on any atom is 0.245 e. The molecule has 0 saturated carbocycles. The Morgan fingerprint density at radius 2 is 1.79 bits per heavy atom. The molecular weight excluding hydrogens is 322 g/mol. The van der Waals surface area contributed by atoms with Crippen molar-refractivity contribution in [1.29, 1.82) is 0 Å². The first kappa shape index (κ1) is 15.1. The molecule has 24 heavy (non-hydrogen) atoms. The molecule has 122 valence electrons. The Balaban J connectivity index is 1.86. The van der Waals surface area contributed by atoms with Gasteiger partial charge in [-0.2, -0.15) is 4.31 Å². The van der Waals surface area contributed by atoms with Crippen LogP contribution in [0, 0.1) is 0 Å². The van der Waals surface area contributed by atoms with Gasteiger partial charge >= 0.3 is 0 Å². The summed E-state index contributed by atoms with van der Waals surface area (Å²) in [5, 5.41) is 0. The summed E-state index contributed by atoms with van der Waals surface area (Å²) in [7, 11) is -3.62. The maximum absolute atomic E-state index is 13.2. The van der Waals surface area contributed by atoms with Crippen LogP contribution < -0.4 is 0 Å². The third-order valence-electron chi connectivity index (χ3n) is 4.35. The van der Waals surface area contributed by atoms with Gasteiger partial charge in [-0.25, -0.2) is 8.42 Å². The van der Waals surface area contributed by atoms with Crippen LogP contribution >= 0.6 is 0 Å². The van der Waals surface area contributed by atoms with Gasteiger partial charge in [0.15, 0.2) is 0 Å². The van der Waals surface area contributed by atoms with Crippen LogP contribution in [0.3, 0.4) is 0 Å². The second kappa shape index (κ2) is 5.89. The molecule has 0 aliphatic carbocycles. The van der Waals surface area contributed by atoms with Gasteiger partial charge in [-0.3, -0.25) is 4.98 Å². The summed E-state index contributed by atoms with van der Waals surface area (Å²) in [6.07, 6.45) is 4.99. The lowest BCUT2D eigenvalue weighted by Gasteiger charge is -2.36. The van der Waals surface area contributed by atoms with Gasteiger partial charge in [0.1, 0.15) is 4.90 Å². The van der Waals surface area contributed by atoms with E-state index in [1.54, 1.807) is 22.6 Å². The highest BCUT2D eigenvalue weighted by molar-refractivity contribution is 7.89. The summed E-state index contributed by atoms with van der Waals surface area (Å²) in [4.78, 5) is 4.19. The summed E-state index contributed by atoms with van der Waals surface area (Å²) < 4.78 is 30.1. The van der Waals surface area contributed by atoms with Crippen LogP contribution in [0.5, 0.6) is 0 Å². The first-order valence-corrected chi connectivity index (χ1v) is 9.24. The number of hydrogen-bond acceptors (Lipinski definition) is 3. The van der Waals surface area contributed by atoms with Crippen molar-refractivity contribution in [3.05, 3.63) is 84.4 Å². The average molecular weight is 339 g/mol. The van der Waals surface area contributed by atoms with Crippen molar-refractivity contribution in [2.24, 2.45) is 0 Å². The van der Waals surface area contributed by atoms with Crippen LogP contribution in [-0.2, 0) is 16.6 Å². The topological polar surface area (TPSA) is 55.2 Å². The Kier molecular flexibility index (Phi) is 3.70. The Labute approximate surface area is 141 Å². The van der Waals surface area contributed by atoms with Crippen LogP contribution in [0.1, 0.15) is 17.3 Å². The SMILES string of the molecule is O=S(=O)(c1cccnc1)N1CCn2cccc2C1c1ccccc1. The molecule has 6 heteroatoms. The highest BCUT2D eigenvalue weighted by Crippen LogP contribution is 2.36. The van der Waals surface area contributed by atoms with E-state index >= 15 is 0 Å². The van der Waals surface area contributed by atoms with Gasteiger partial charge in [0, 0.05) is 37.4 Å². The highest BCUT2D eigenvalue weighted by atomic mass is 32.2. The quantitative estimate of drug-likeness (QED) is 0.737. The van der Waals surface area contributed by atoms with Crippen molar-refractivity contribution in [1.82, 2.24) is 13.9 Å². The van der Waals surface area contributed by atoms with Crippen LogP contribution in [0.25, 0.3) is 0 Å². The van der Waals surface area contributed by atoms with Crippen molar-refractivity contribution in [2.75, 3.05) is 6.54 Å². The third kappa shape index (κ3) is 2.44. The van der Waals surface area contributed by atoms with Crippen LogP contribution in [0.4, 0.5) is 0 Å². The first-order valence-electron chi connectivity index (χ1n) is 7.80. The molecule has 1 aliphatic rings. The molecule has 0 N–H and O–H groups in total. The Morgan fingerprint density at radius 1 is 0.958 bits per heavy atom. The zero-order valence-corrected chi connectivity index (χ0v) is 13.8. The van der Waals surface area contributed by atoms with E-state index in [-0.39, 0.29) is 10.9 Å². The van der Waals surface area contributed by atoms with E-state index < -0.39 is 10.0 Å². The molecule has 1 aliphatic heterocycles. The fraction of sp³-hybridized carbons (Fsp3) is 0.167. The Morgan fingerprint density at radius 3 is 2.54 bits per heavy atom. The van der Waals surface area contributed by atoms with Gasteiger partial charge in [0.05, 0.1) is 6.04 Å². The number of nitrogens with zero attached hydrogens (tertiary/aromatic N) is 3. The Hall–Kier alpha value is -2.44. The van der Waals surface area contributed by atoms with E-state index in [0.29, 0.717) is 13.1 Å². The molecule has 5 nitrogen and oxygen atoms in total. The summed E-state index contributed by atoms with van der Waals surface area (Å²) >= 11 is 0. The number of rotatable bonds is 3. The summed E-state index contributed by atoms with van der Waals surface area (Å²) in [6, 6.07) is 16.6. The average Bonchev–Trinajstić information content (AvgIpc) is 3.11. The van der Waals surface area contributed by atoms with Crippen LogP contribution in [-0.4, -0.2) is 28.8 Å². The molecule has 0 fully saturated rings. The van der Waals surface area contributed by atoms with Crippen LogP contribution in [0.15, 0.2) is 78.1 Å². The van der Waals surface area contributed by atoms with E-state index in [9.17, 15) is 8.42 Å². The molecule has 1 unspecified atom stereocenters. The monoisotopic (exact) mass is 339 g/mol. The minimum Gasteiger partial charge on any atom is -0.348 e. The Bertz CT molecular complexity index is 937. The molecule has 2 aromatic heterocycles. The van der Waals surface area contributed by atoms with E-state index in [4.69, 9.17) is 0 Å². The fourth-order valence-electron chi connectivity index (χ4n) is 3.23. The molecule has 4 rings (SSSR count). The number of pyridine rings is 1. The van der Waals surface area contributed by atoms with Crippen molar-refractivity contribution < 1.29 is 8.42 Å². The van der Waals surface area contributed by atoms with E-state index in [1.165, 1.54) is 6.20 Å². The summed E-state index contributed by atoms with van der Waals surface area (Å²) in [6.45, 7) is 1.07. The number of sulfonamides is 1. The molecule has 0 saturated heterocycles. The summed E-state index contributed by atoms with van der Waals surface area (Å²) in [5.41, 5.74) is 1.95. The molecule has 3 heterocycles. The minimum atomic E-state index is -3.62. The molecule has 0 amide bonds. The lowest BCUT2D eigenvalue weighted by Crippen LogP contribution is -2.42. The summed E-state index contributed by atoms with van der Waals surface area (Å²) in [5.74, 6) is 0. The molecule has 3 aromatic rings. The lowest BCUT2D eigenvalue weighted by molar-refractivity contribution is 0.298. The number of aromatic nitrogens is 2. The zero-order chi connectivity index (χ0) is 16.6. The largest absolute Gasteiger partial charge is 0.348 e. The maximum atomic E-state index is 13.2.